The number of aromatic carboxylic acids is 1. The molecular formula is C16H12N2O6S. The third-order valence-corrected chi connectivity index (χ3v) is 3.55. The van der Waals surface area contributed by atoms with Crippen LogP contribution in [-0.4, -0.2) is 34.0 Å². The van der Waals surface area contributed by atoms with E-state index in [-0.39, 0.29) is 17.5 Å². The van der Waals surface area contributed by atoms with Gasteiger partial charge in [-0.3, -0.25) is 10.1 Å². The highest BCUT2D eigenvalue weighted by molar-refractivity contribution is 7.80. The minimum absolute atomic E-state index is 0.00913. The quantitative estimate of drug-likeness (QED) is 0.614. The van der Waals surface area contributed by atoms with Gasteiger partial charge in [-0.1, -0.05) is 0 Å². The van der Waals surface area contributed by atoms with Gasteiger partial charge in [0.25, 0.3) is 5.91 Å². The molecule has 0 saturated carbocycles. The second kappa shape index (κ2) is 6.65. The molecule has 128 valence electrons. The summed E-state index contributed by atoms with van der Waals surface area (Å²) in [6.45, 7) is 0.107. The van der Waals surface area contributed by atoms with E-state index in [1.807, 2.05) is 0 Å². The number of ether oxygens (including phenoxy) is 2. The number of rotatable bonds is 3. The molecular weight excluding hydrogens is 348 g/mol. The molecule has 0 fully saturated rings. The molecule has 9 heteroatoms. The van der Waals surface area contributed by atoms with Crippen LogP contribution < -0.4 is 20.1 Å². The Kier molecular flexibility index (Phi) is 4.40. The lowest BCUT2D eigenvalue weighted by molar-refractivity contribution is 0.0693. The van der Waals surface area contributed by atoms with Crippen LogP contribution >= 0.6 is 12.2 Å². The van der Waals surface area contributed by atoms with Crippen LogP contribution in [0, 0.1) is 0 Å². The molecule has 2 aromatic carbocycles. The molecule has 2 aromatic rings. The van der Waals surface area contributed by atoms with E-state index in [9.17, 15) is 14.7 Å². The molecule has 0 aromatic heterocycles. The number of carboxylic acids is 1. The van der Waals surface area contributed by atoms with Crippen molar-refractivity contribution in [2.75, 3.05) is 12.1 Å². The van der Waals surface area contributed by atoms with Crippen molar-refractivity contribution in [1.82, 2.24) is 5.32 Å². The van der Waals surface area contributed by atoms with Crippen molar-refractivity contribution >= 4 is 34.9 Å². The summed E-state index contributed by atoms with van der Waals surface area (Å²) >= 11 is 5.04. The number of thiocarbonyl (C=S) groups is 1. The number of benzene rings is 2. The number of hydrogen-bond donors (Lipinski definition) is 4. The van der Waals surface area contributed by atoms with Gasteiger partial charge >= 0.3 is 5.97 Å². The standard InChI is InChI=1S/C16H12N2O6S/c19-11-6-9(2-3-10(11)15(21)22)17-16(25)18-14(20)8-1-4-12-13(5-8)24-7-23-12/h1-6,19H,7H2,(H,21,22)(H2,17,18,20,25). The minimum Gasteiger partial charge on any atom is -0.507 e. The number of phenols is 1. The van der Waals surface area contributed by atoms with Gasteiger partial charge < -0.3 is 25.0 Å². The van der Waals surface area contributed by atoms with Crippen LogP contribution in [0.3, 0.4) is 0 Å². The van der Waals surface area contributed by atoms with Crippen LogP contribution in [0.15, 0.2) is 36.4 Å². The van der Waals surface area contributed by atoms with Crippen LogP contribution in [0.5, 0.6) is 17.2 Å². The first kappa shape index (κ1) is 16.5. The van der Waals surface area contributed by atoms with Gasteiger partial charge in [0, 0.05) is 17.3 Å². The van der Waals surface area contributed by atoms with Crippen molar-refractivity contribution in [3.63, 3.8) is 0 Å². The van der Waals surface area contributed by atoms with Crippen molar-refractivity contribution in [2.45, 2.75) is 0 Å². The lowest BCUT2D eigenvalue weighted by Crippen LogP contribution is -2.34. The lowest BCUT2D eigenvalue weighted by Gasteiger charge is -2.11. The molecule has 1 aliphatic heterocycles. The summed E-state index contributed by atoms with van der Waals surface area (Å²) in [5.74, 6) is -1.08. The van der Waals surface area contributed by atoms with Gasteiger partial charge in [0.2, 0.25) is 6.79 Å². The summed E-state index contributed by atoms with van der Waals surface area (Å²) in [4.78, 5) is 23.0. The molecule has 4 N–H and O–H groups in total. The summed E-state index contributed by atoms with van der Waals surface area (Å²) in [6, 6.07) is 8.57. The highest BCUT2D eigenvalue weighted by Crippen LogP contribution is 2.32. The molecule has 0 spiro atoms. The van der Waals surface area contributed by atoms with Gasteiger partial charge in [0.05, 0.1) is 0 Å². The largest absolute Gasteiger partial charge is 0.507 e. The van der Waals surface area contributed by atoms with E-state index in [0.29, 0.717) is 22.7 Å². The normalized spacial score (nSPS) is 11.7. The Labute approximate surface area is 147 Å². The first-order chi connectivity index (χ1) is 11.9. The summed E-state index contributed by atoms with van der Waals surface area (Å²) < 4.78 is 10.4. The van der Waals surface area contributed by atoms with Crippen LogP contribution in [0.2, 0.25) is 0 Å². The highest BCUT2D eigenvalue weighted by Gasteiger charge is 2.17. The molecule has 1 aliphatic rings. The van der Waals surface area contributed by atoms with Crippen molar-refractivity contribution in [1.29, 1.82) is 0 Å². The van der Waals surface area contributed by atoms with Gasteiger partial charge in [0.15, 0.2) is 16.6 Å². The van der Waals surface area contributed by atoms with E-state index in [2.05, 4.69) is 10.6 Å². The predicted octanol–water partition coefficient (Wildman–Crippen LogP) is 1.95. The number of fused-ring (bicyclic) bond motifs is 1. The molecule has 0 unspecified atom stereocenters. The number of carbonyl (C=O) groups excluding carboxylic acids is 1. The maximum absolute atomic E-state index is 12.2. The van der Waals surface area contributed by atoms with Gasteiger partial charge in [-0.2, -0.15) is 0 Å². The Morgan fingerprint density at radius 3 is 2.56 bits per heavy atom. The Bertz CT molecular complexity index is 883. The number of aromatic hydroxyl groups is 1. The van der Waals surface area contributed by atoms with Crippen molar-refractivity contribution in [3.8, 4) is 17.2 Å². The van der Waals surface area contributed by atoms with Crippen LogP contribution in [0.1, 0.15) is 20.7 Å². The minimum atomic E-state index is -1.25. The van der Waals surface area contributed by atoms with Gasteiger partial charge in [-0.15, -0.1) is 0 Å². The Morgan fingerprint density at radius 2 is 1.84 bits per heavy atom. The van der Waals surface area contributed by atoms with Gasteiger partial charge in [-0.25, -0.2) is 4.79 Å². The monoisotopic (exact) mass is 360 g/mol. The Morgan fingerprint density at radius 1 is 1.08 bits per heavy atom. The van der Waals surface area contributed by atoms with Gasteiger partial charge in [-0.05, 0) is 42.5 Å². The third-order valence-electron chi connectivity index (χ3n) is 3.35. The van der Waals surface area contributed by atoms with Crippen LogP contribution in [0.4, 0.5) is 5.69 Å². The molecule has 8 nitrogen and oxygen atoms in total. The van der Waals surface area contributed by atoms with E-state index in [4.69, 9.17) is 26.8 Å². The smallest absolute Gasteiger partial charge is 0.339 e. The summed E-state index contributed by atoms with van der Waals surface area (Å²) in [7, 11) is 0. The fraction of sp³-hybridized carbons (Fsp3) is 0.0625. The number of carboxylic acid groups (broad SMARTS) is 1. The maximum atomic E-state index is 12.2. The van der Waals surface area contributed by atoms with E-state index in [1.54, 1.807) is 12.1 Å². The van der Waals surface area contributed by atoms with E-state index in [1.165, 1.54) is 24.3 Å². The van der Waals surface area contributed by atoms with Crippen molar-refractivity contribution < 1.29 is 29.3 Å². The second-order valence-corrected chi connectivity index (χ2v) is 5.42. The SMILES string of the molecule is O=C(NC(=S)Nc1ccc(C(=O)O)c(O)c1)c1ccc2c(c1)OCO2. The van der Waals surface area contributed by atoms with Gasteiger partial charge in [0.1, 0.15) is 11.3 Å². The second-order valence-electron chi connectivity index (χ2n) is 5.01. The third kappa shape index (κ3) is 3.61. The summed E-state index contributed by atoms with van der Waals surface area (Å²) in [5, 5.41) is 23.7. The fourth-order valence-electron chi connectivity index (χ4n) is 2.17. The summed E-state index contributed by atoms with van der Waals surface area (Å²) in [5.41, 5.74) is 0.428. The van der Waals surface area contributed by atoms with Crippen molar-refractivity contribution in [3.05, 3.63) is 47.5 Å². The van der Waals surface area contributed by atoms with Crippen LogP contribution in [0.25, 0.3) is 0 Å². The zero-order valence-electron chi connectivity index (χ0n) is 12.6. The lowest BCUT2D eigenvalue weighted by atomic mass is 10.2. The van der Waals surface area contributed by atoms with E-state index < -0.39 is 17.6 Å². The molecule has 1 heterocycles. The predicted molar refractivity (Wildman–Crippen MR) is 91.3 cm³/mol. The molecule has 0 atom stereocenters. The number of hydrogen-bond acceptors (Lipinski definition) is 6. The number of nitrogens with one attached hydrogen (secondary N) is 2. The average molecular weight is 360 g/mol. The highest BCUT2D eigenvalue weighted by atomic mass is 32.1. The van der Waals surface area contributed by atoms with E-state index >= 15 is 0 Å². The molecule has 1 amide bonds. The number of carbonyl (C=O) groups is 2. The molecule has 0 radical (unpaired) electrons. The molecule has 0 aliphatic carbocycles. The average Bonchev–Trinajstić information content (AvgIpc) is 3.01. The van der Waals surface area contributed by atoms with E-state index in [0.717, 1.165) is 0 Å². The Balaban J connectivity index is 1.65. The fourth-order valence-corrected chi connectivity index (χ4v) is 2.38. The zero-order chi connectivity index (χ0) is 18.0. The zero-order valence-corrected chi connectivity index (χ0v) is 13.4. The first-order valence-electron chi connectivity index (χ1n) is 7.02. The topological polar surface area (TPSA) is 117 Å². The number of anilines is 1. The molecule has 3 rings (SSSR count). The number of amides is 1. The van der Waals surface area contributed by atoms with Crippen LogP contribution in [-0.2, 0) is 0 Å². The first-order valence-corrected chi connectivity index (χ1v) is 7.43. The molecule has 0 saturated heterocycles. The molecule has 25 heavy (non-hydrogen) atoms. The Hall–Kier alpha value is -3.33. The summed E-state index contributed by atoms with van der Waals surface area (Å²) in [6.07, 6.45) is 0. The molecule has 0 bridgehead atoms. The van der Waals surface area contributed by atoms with Crippen molar-refractivity contribution in [2.24, 2.45) is 0 Å². The maximum Gasteiger partial charge on any atom is 0.339 e.